The third-order valence-electron chi connectivity index (χ3n) is 3.45. The van der Waals surface area contributed by atoms with E-state index in [1.165, 1.54) is 24.0 Å². The van der Waals surface area contributed by atoms with Crippen LogP contribution in [0.1, 0.15) is 30.9 Å². The van der Waals surface area contributed by atoms with Crippen molar-refractivity contribution >= 4 is 23.4 Å². The van der Waals surface area contributed by atoms with Gasteiger partial charge in [-0.2, -0.15) is 0 Å². The molecule has 0 radical (unpaired) electrons. The molecule has 0 fully saturated rings. The monoisotopic (exact) mass is 278 g/mol. The number of hydrogen-bond acceptors (Lipinski definition) is 3. The van der Waals surface area contributed by atoms with Gasteiger partial charge in [0.05, 0.1) is 5.75 Å². The molecule has 1 unspecified atom stereocenters. The second-order valence-corrected chi connectivity index (χ2v) is 6.51. The first-order chi connectivity index (χ1) is 9.19. The Hall–Kier alpha value is -1.00. The van der Waals surface area contributed by atoms with Crippen molar-refractivity contribution in [1.29, 1.82) is 0 Å². The maximum absolute atomic E-state index is 11.9. The highest BCUT2D eigenvalue weighted by molar-refractivity contribution is 8.00. The Bertz CT molecular complexity index is 448. The van der Waals surface area contributed by atoms with E-state index < -0.39 is 0 Å². The van der Waals surface area contributed by atoms with Crippen LogP contribution in [0.4, 0.5) is 5.69 Å². The Kier molecular flexibility index (Phi) is 5.28. The zero-order valence-corrected chi connectivity index (χ0v) is 12.3. The predicted octanol–water partition coefficient (Wildman–Crippen LogP) is 2.58. The Labute approximate surface area is 119 Å². The molecule has 0 bridgehead atoms. The van der Waals surface area contributed by atoms with Crippen LogP contribution >= 0.6 is 11.8 Å². The smallest absolute Gasteiger partial charge is 0.234 e. The van der Waals surface area contributed by atoms with Crippen molar-refractivity contribution in [2.45, 2.75) is 37.9 Å². The quantitative estimate of drug-likeness (QED) is 0.841. The summed E-state index contributed by atoms with van der Waals surface area (Å²) in [4.78, 5) is 11.9. The van der Waals surface area contributed by atoms with E-state index in [0.717, 1.165) is 18.5 Å². The van der Waals surface area contributed by atoms with Gasteiger partial charge in [0.1, 0.15) is 0 Å². The lowest BCUT2D eigenvalue weighted by Gasteiger charge is -2.10. The molecule has 1 aliphatic carbocycles. The number of fused-ring (bicyclic) bond motifs is 1. The molecule has 3 nitrogen and oxygen atoms in total. The van der Waals surface area contributed by atoms with Crippen molar-refractivity contribution in [3.05, 3.63) is 29.3 Å². The molecule has 0 aromatic heterocycles. The first-order valence-electron chi connectivity index (χ1n) is 6.92. The third-order valence-corrected chi connectivity index (χ3v) is 4.69. The summed E-state index contributed by atoms with van der Waals surface area (Å²) in [6.45, 7) is 2.79. The highest BCUT2D eigenvalue weighted by atomic mass is 32.2. The van der Waals surface area contributed by atoms with Gasteiger partial charge in [0.15, 0.2) is 0 Å². The lowest BCUT2D eigenvalue weighted by Crippen LogP contribution is -2.17. The minimum absolute atomic E-state index is 0.0758. The van der Waals surface area contributed by atoms with Gasteiger partial charge in [-0.1, -0.05) is 13.0 Å². The molecule has 1 aromatic rings. The average Bonchev–Trinajstić information content (AvgIpc) is 2.84. The molecule has 2 rings (SSSR count). The van der Waals surface area contributed by atoms with Crippen molar-refractivity contribution in [1.82, 2.24) is 0 Å². The summed E-state index contributed by atoms with van der Waals surface area (Å²) in [6.07, 6.45) is 4.51. The van der Waals surface area contributed by atoms with Gasteiger partial charge >= 0.3 is 0 Å². The Morgan fingerprint density at radius 3 is 3.00 bits per heavy atom. The van der Waals surface area contributed by atoms with Gasteiger partial charge in [0.25, 0.3) is 0 Å². The number of rotatable bonds is 6. The van der Waals surface area contributed by atoms with Crippen molar-refractivity contribution in [3.8, 4) is 0 Å². The number of hydrogen-bond donors (Lipinski definition) is 2. The minimum atomic E-state index is 0.0758. The number of carbonyl (C=O) groups excluding carboxylic acids is 1. The van der Waals surface area contributed by atoms with Gasteiger partial charge in [-0.25, -0.2) is 0 Å². The summed E-state index contributed by atoms with van der Waals surface area (Å²) in [7, 11) is 0. The molecule has 0 heterocycles. The van der Waals surface area contributed by atoms with Crippen molar-refractivity contribution in [3.63, 3.8) is 0 Å². The molecule has 0 saturated heterocycles. The van der Waals surface area contributed by atoms with Gasteiger partial charge in [0.2, 0.25) is 5.91 Å². The summed E-state index contributed by atoms with van der Waals surface area (Å²) >= 11 is 1.66. The van der Waals surface area contributed by atoms with E-state index >= 15 is 0 Å². The van der Waals surface area contributed by atoms with Crippen LogP contribution in [0.15, 0.2) is 18.2 Å². The van der Waals surface area contributed by atoms with E-state index in [2.05, 4.69) is 24.4 Å². The molecule has 0 saturated carbocycles. The molecule has 104 valence electrons. The number of amides is 1. The van der Waals surface area contributed by atoms with Gasteiger partial charge in [-0.15, -0.1) is 11.8 Å². The summed E-state index contributed by atoms with van der Waals surface area (Å²) in [6, 6.07) is 6.27. The first kappa shape index (κ1) is 14.4. The molecular formula is C15H22N2OS. The summed E-state index contributed by atoms with van der Waals surface area (Å²) < 4.78 is 0. The number of nitrogens with two attached hydrogens (primary N) is 1. The number of benzene rings is 1. The molecule has 1 aliphatic rings. The number of nitrogens with one attached hydrogen (secondary N) is 1. The van der Waals surface area contributed by atoms with E-state index in [1.54, 1.807) is 11.8 Å². The molecule has 1 atom stereocenters. The van der Waals surface area contributed by atoms with Crippen LogP contribution in [0.5, 0.6) is 0 Å². The van der Waals surface area contributed by atoms with Crippen molar-refractivity contribution in [2.24, 2.45) is 5.73 Å². The number of thioether (sulfide) groups is 1. The molecule has 0 spiro atoms. The Morgan fingerprint density at radius 1 is 1.42 bits per heavy atom. The maximum atomic E-state index is 11.9. The van der Waals surface area contributed by atoms with Crippen LogP contribution in [-0.4, -0.2) is 23.5 Å². The van der Waals surface area contributed by atoms with Gasteiger partial charge in [-0.05, 0) is 55.5 Å². The van der Waals surface area contributed by atoms with Crippen LogP contribution in [0.3, 0.4) is 0 Å². The van der Waals surface area contributed by atoms with Crippen LogP contribution in [0.2, 0.25) is 0 Å². The van der Waals surface area contributed by atoms with Crippen LogP contribution in [-0.2, 0) is 17.6 Å². The minimum Gasteiger partial charge on any atom is -0.330 e. The Balaban J connectivity index is 1.82. The van der Waals surface area contributed by atoms with Crippen LogP contribution < -0.4 is 11.1 Å². The SMILES string of the molecule is CC(CCN)SCC(=O)Nc1ccc2c(c1)CCC2. The van der Waals surface area contributed by atoms with Crippen LogP contribution in [0, 0.1) is 0 Å². The number of carbonyl (C=O) groups is 1. The summed E-state index contributed by atoms with van der Waals surface area (Å²) in [5.41, 5.74) is 9.25. The largest absolute Gasteiger partial charge is 0.330 e. The van der Waals surface area contributed by atoms with E-state index in [9.17, 15) is 4.79 Å². The second-order valence-electron chi connectivity index (χ2n) is 5.08. The fraction of sp³-hybridized carbons (Fsp3) is 0.533. The summed E-state index contributed by atoms with van der Waals surface area (Å²) in [5, 5.41) is 3.42. The number of aryl methyl sites for hydroxylation is 2. The average molecular weight is 278 g/mol. The van der Waals surface area contributed by atoms with E-state index in [4.69, 9.17) is 5.73 Å². The molecule has 0 aliphatic heterocycles. The van der Waals surface area contributed by atoms with E-state index in [1.807, 2.05) is 6.07 Å². The fourth-order valence-electron chi connectivity index (χ4n) is 2.38. The Morgan fingerprint density at radius 2 is 2.21 bits per heavy atom. The lowest BCUT2D eigenvalue weighted by atomic mass is 10.1. The summed E-state index contributed by atoms with van der Waals surface area (Å²) in [5.74, 6) is 0.574. The van der Waals surface area contributed by atoms with Crippen LogP contribution in [0.25, 0.3) is 0 Å². The highest BCUT2D eigenvalue weighted by Crippen LogP contribution is 2.25. The van der Waals surface area contributed by atoms with Crippen molar-refractivity contribution in [2.75, 3.05) is 17.6 Å². The molecule has 4 heteroatoms. The molecular weight excluding hydrogens is 256 g/mol. The normalized spacial score (nSPS) is 15.1. The zero-order valence-electron chi connectivity index (χ0n) is 11.4. The third kappa shape index (κ3) is 4.25. The maximum Gasteiger partial charge on any atom is 0.234 e. The zero-order chi connectivity index (χ0) is 13.7. The van der Waals surface area contributed by atoms with E-state index in [0.29, 0.717) is 17.5 Å². The van der Waals surface area contributed by atoms with E-state index in [-0.39, 0.29) is 5.91 Å². The second kappa shape index (κ2) is 6.96. The van der Waals surface area contributed by atoms with Crippen molar-refractivity contribution < 1.29 is 4.79 Å². The first-order valence-corrected chi connectivity index (χ1v) is 7.97. The predicted molar refractivity (Wildman–Crippen MR) is 82.7 cm³/mol. The topological polar surface area (TPSA) is 55.1 Å². The lowest BCUT2D eigenvalue weighted by molar-refractivity contribution is -0.113. The highest BCUT2D eigenvalue weighted by Gasteiger charge is 2.12. The molecule has 1 amide bonds. The molecule has 19 heavy (non-hydrogen) atoms. The van der Waals surface area contributed by atoms with Gasteiger partial charge < -0.3 is 11.1 Å². The van der Waals surface area contributed by atoms with Gasteiger partial charge in [-0.3, -0.25) is 4.79 Å². The number of anilines is 1. The fourth-order valence-corrected chi connectivity index (χ4v) is 3.19. The standard InChI is InChI=1S/C15H22N2OS/c1-11(7-8-16)19-10-15(18)17-14-6-5-12-3-2-4-13(12)9-14/h5-6,9,11H,2-4,7-8,10,16H2,1H3,(H,17,18). The molecule has 1 aromatic carbocycles. The molecule has 3 N–H and O–H groups in total. The van der Waals surface area contributed by atoms with Gasteiger partial charge in [0, 0.05) is 10.9 Å².